The highest BCUT2D eigenvalue weighted by Crippen LogP contribution is 2.61. The first kappa shape index (κ1) is 15.7. The molecule has 1 aromatic carbocycles. The summed E-state index contributed by atoms with van der Waals surface area (Å²) < 4.78 is 11.4. The average Bonchev–Trinajstić information content (AvgIpc) is 3.08. The van der Waals surface area contributed by atoms with Crippen LogP contribution < -0.4 is 4.74 Å². The summed E-state index contributed by atoms with van der Waals surface area (Å²) in [4.78, 5) is 4.63. The largest absolute Gasteiger partial charge is 0.496 e. The molecule has 1 aromatic heterocycles. The molecule has 132 valence electrons. The van der Waals surface area contributed by atoms with Gasteiger partial charge < -0.3 is 9.26 Å². The second-order valence-electron chi connectivity index (χ2n) is 8.10. The number of rotatable bonds is 5. The minimum atomic E-state index is 0.480. The summed E-state index contributed by atoms with van der Waals surface area (Å²) in [5, 5.41) is 4.18. The molecule has 0 amide bonds. The van der Waals surface area contributed by atoms with Crippen molar-refractivity contribution in [2.24, 2.45) is 17.8 Å². The number of hydrogen-bond acceptors (Lipinski definition) is 5. The van der Waals surface area contributed by atoms with E-state index in [0.29, 0.717) is 10.6 Å². The third-order valence-corrected chi connectivity index (χ3v) is 7.80. The lowest BCUT2D eigenvalue weighted by Crippen LogP contribution is -2.48. The molecule has 1 heterocycles. The van der Waals surface area contributed by atoms with E-state index in [2.05, 4.69) is 21.9 Å². The van der Waals surface area contributed by atoms with Crippen molar-refractivity contribution in [3.05, 3.63) is 30.2 Å². The fourth-order valence-corrected chi connectivity index (χ4v) is 7.28. The molecule has 0 unspecified atom stereocenters. The number of hydrogen-bond donors (Lipinski definition) is 0. The topological polar surface area (TPSA) is 48.2 Å². The maximum atomic E-state index is 5.54. The van der Waals surface area contributed by atoms with Gasteiger partial charge in [-0.3, -0.25) is 0 Å². The molecule has 2 aromatic rings. The molecule has 0 aliphatic heterocycles. The lowest BCUT2D eigenvalue weighted by molar-refractivity contribution is 0.0382. The first-order valence-corrected chi connectivity index (χ1v) is 10.3. The van der Waals surface area contributed by atoms with Crippen molar-refractivity contribution in [3.63, 3.8) is 0 Å². The van der Waals surface area contributed by atoms with Crippen LogP contribution in [-0.2, 0) is 5.75 Å². The molecular formula is C20H24N2O2S. The van der Waals surface area contributed by atoms with Crippen LogP contribution in [0.15, 0.2) is 28.8 Å². The van der Waals surface area contributed by atoms with Gasteiger partial charge in [0.2, 0.25) is 11.7 Å². The lowest BCUT2D eigenvalue weighted by atomic mass is 9.56. The van der Waals surface area contributed by atoms with Gasteiger partial charge in [-0.15, -0.1) is 11.8 Å². The van der Waals surface area contributed by atoms with E-state index in [1.54, 1.807) is 7.11 Å². The molecule has 6 rings (SSSR count). The Morgan fingerprint density at radius 3 is 2.48 bits per heavy atom. The molecule has 4 saturated carbocycles. The Bertz CT molecular complexity index is 737. The Kier molecular flexibility index (Phi) is 3.81. The number of para-hydroxylation sites is 1. The molecular weight excluding hydrogens is 332 g/mol. The minimum absolute atomic E-state index is 0.480. The van der Waals surface area contributed by atoms with Gasteiger partial charge >= 0.3 is 0 Å². The number of methoxy groups -OCH3 is 1. The fourth-order valence-electron chi connectivity index (χ4n) is 5.68. The molecule has 0 saturated heterocycles. The molecule has 4 nitrogen and oxygen atoms in total. The zero-order valence-corrected chi connectivity index (χ0v) is 15.4. The van der Waals surface area contributed by atoms with Crippen LogP contribution in [0.2, 0.25) is 0 Å². The Hall–Kier alpha value is -1.49. The summed E-state index contributed by atoms with van der Waals surface area (Å²) in [7, 11) is 1.67. The van der Waals surface area contributed by atoms with Gasteiger partial charge in [0.05, 0.1) is 18.4 Å². The Labute approximate surface area is 152 Å². The van der Waals surface area contributed by atoms with Gasteiger partial charge in [-0.05, 0) is 68.4 Å². The normalized spacial score (nSPS) is 32.9. The van der Waals surface area contributed by atoms with Crippen molar-refractivity contribution in [2.75, 3.05) is 7.11 Å². The van der Waals surface area contributed by atoms with Gasteiger partial charge in [0, 0.05) is 4.75 Å². The fraction of sp³-hybridized carbons (Fsp3) is 0.600. The summed E-state index contributed by atoms with van der Waals surface area (Å²) in [5.41, 5.74) is 0.889. The van der Waals surface area contributed by atoms with E-state index in [-0.39, 0.29) is 0 Å². The maximum Gasteiger partial charge on any atom is 0.236 e. The van der Waals surface area contributed by atoms with Crippen molar-refractivity contribution in [3.8, 4) is 17.1 Å². The van der Waals surface area contributed by atoms with Crippen molar-refractivity contribution < 1.29 is 9.26 Å². The van der Waals surface area contributed by atoms with E-state index < -0.39 is 0 Å². The van der Waals surface area contributed by atoms with E-state index in [9.17, 15) is 0 Å². The van der Waals surface area contributed by atoms with Crippen LogP contribution >= 0.6 is 11.8 Å². The molecule has 4 aliphatic carbocycles. The number of ether oxygens (including phenoxy) is 1. The van der Waals surface area contributed by atoms with Crippen LogP contribution in [0.5, 0.6) is 5.75 Å². The van der Waals surface area contributed by atoms with Crippen LogP contribution in [0.4, 0.5) is 0 Å². The molecule has 25 heavy (non-hydrogen) atoms. The molecule has 4 fully saturated rings. The molecule has 0 spiro atoms. The highest BCUT2D eigenvalue weighted by atomic mass is 32.2. The van der Waals surface area contributed by atoms with E-state index in [0.717, 1.165) is 40.7 Å². The van der Waals surface area contributed by atoms with Crippen LogP contribution in [0.1, 0.15) is 44.4 Å². The summed E-state index contributed by atoms with van der Waals surface area (Å²) >= 11 is 2.08. The molecule has 5 heteroatoms. The summed E-state index contributed by atoms with van der Waals surface area (Å²) in [6.45, 7) is 0. The SMILES string of the molecule is COc1ccccc1-c1noc(CSC23CC4CC(CC(C4)C2)C3)n1. The van der Waals surface area contributed by atoms with E-state index in [1.165, 1.54) is 38.5 Å². The van der Waals surface area contributed by atoms with Gasteiger partial charge in [-0.1, -0.05) is 17.3 Å². The van der Waals surface area contributed by atoms with E-state index >= 15 is 0 Å². The second kappa shape index (κ2) is 6.04. The lowest BCUT2D eigenvalue weighted by Gasteiger charge is -2.56. The smallest absolute Gasteiger partial charge is 0.236 e. The molecule has 4 aliphatic rings. The molecule has 0 N–H and O–H groups in total. The van der Waals surface area contributed by atoms with E-state index in [1.807, 2.05) is 24.3 Å². The van der Waals surface area contributed by atoms with Gasteiger partial charge in [-0.25, -0.2) is 0 Å². The zero-order valence-electron chi connectivity index (χ0n) is 14.6. The quantitative estimate of drug-likeness (QED) is 0.759. The second-order valence-corrected chi connectivity index (χ2v) is 9.54. The predicted molar refractivity (Wildman–Crippen MR) is 98.5 cm³/mol. The van der Waals surface area contributed by atoms with Crippen LogP contribution in [-0.4, -0.2) is 22.0 Å². The molecule has 0 radical (unpaired) electrons. The first-order valence-electron chi connectivity index (χ1n) is 9.33. The minimum Gasteiger partial charge on any atom is -0.496 e. The summed E-state index contributed by atoms with van der Waals surface area (Å²) in [5.74, 6) is 5.90. The highest BCUT2D eigenvalue weighted by Gasteiger charge is 2.51. The number of thioether (sulfide) groups is 1. The van der Waals surface area contributed by atoms with Crippen molar-refractivity contribution in [1.82, 2.24) is 10.1 Å². The summed E-state index contributed by atoms with van der Waals surface area (Å²) in [6.07, 6.45) is 8.65. The van der Waals surface area contributed by atoms with Gasteiger partial charge in [0.1, 0.15) is 5.75 Å². The third-order valence-electron chi connectivity index (χ3n) is 6.30. The highest BCUT2D eigenvalue weighted by molar-refractivity contribution is 7.99. The first-order chi connectivity index (χ1) is 12.2. The number of benzene rings is 1. The van der Waals surface area contributed by atoms with Gasteiger partial charge in [-0.2, -0.15) is 4.98 Å². The Morgan fingerprint density at radius 1 is 1.12 bits per heavy atom. The molecule has 0 atom stereocenters. The van der Waals surface area contributed by atoms with Crippen molar-refractivity contribution in [1.29, 1.82) is 0 Å². The van der Waals surface area contributed by atoms with Crippen molar-refractivity contribution >= 4 is 11.8 Å². The Balaban J connectivity index is 1.31. The monoisotopic (exact) mass is 356 g/mol. The van der Waals surface area contributed by atoms with Gasteiger partial charge in [0.15, 0.2) is 0 Å². The van der Waals surface area contributed by atoms with Crippen LogP contribution in [0.25, 0.3) is 11.4 Å². The van der Waals surface area contributed by atoms with E-state index in [4.69, 9.17) is 9.26 Å². The number of aromatic nitrogens is 2. The van der Waals surface area contributed by atoms with Crippen molar-refractivity contribution in [2.45, 2.75) is 49.0 Å². The standard InChI is InChI=1S/C20H24N2O2S/c1-23-17-5-3-2-4-16(17)19-21-18(24-22-19)12-25-20-9-13-6-14(10-20)8-15(7-13)11-20/h2-5,13-15H,6-12H2,1H3. The average molecular weight is 356 g/mol. The van der Waals surface area contributed by atoms with Crippen LogP contribution in [0, 0.1) is 17.8 Å². The van der Waals surface area contributed by atoms with Crippen LogP contribution in [0.3, 0.4) is 0 Å². The maximum absolute atomic E-state index is 5.54. The predicted octanol–water partition coefficient (Wildman–Crippen LogP) is 4.95. The Morgan fingerprint density at radius 2 is 1.80 bits per heavy atom. The molecule has 4 bridgehead atoms. The number of nitrogens with zero attached hydrogens (tertiary/aromatic N) is 2. The summed E-state index contributed by atoms with van der Waals surface area (Å²) in [6, 6.07) is 7.82. The van der Waals surface area contributed by atoms with Gasteiger partial charge in [0.25, 0.3) is 0 Å². The zero-order chi connectivity index (χ0) is 16.9. The third kappa shape index (κ3) is 2.86.